The van der Waals surface area contributed by atoms with Crippen molar-refractivity contribution in [2.45, 2.75) is 33.9 Å². The van der Waals surface area contributed by atoms with Crippen LogP contribution in [0.2, 0.25) is 0 Å². The fourth-order valence-corrected chi connectivity index (χ4v) is 1.95. The van der Waals surface area contributed by atoms with Crippen molar-refractivity contribution >= 4 is 5.91 Å². The zero-order valence-electron chi connectivity index (χ0n) is 12.2. The summed E-state index contributed by atoms with van der Waals surface area (Å²) in [7, 11) is 0. The minimum absolute atomic E-state index is 0.0829. The molecule has 0 aliphatic rings. The Bertz CT molecular complexity index is 542. The second-order valence-corrected chi connectivity index (χ2v) is 5.81. The van der Waals surface area contributed by atoms with E-state index in [2.05, 4.69) is 4.98 Å². The summed E-state index contributed by atoms with van der Waals surface area (Å²) in [5.74, 6) is 0.859. The Morgan fingerprint density at radius 1 is 1.20 bits per heavy atom. The minimum Gasteiger partial charge on any atom is -0.467 e. The molecule has 106 valence electrons. The summed E-state index contributed by atoms with van der Waals surface area (Å²) >= 11 is 0. The van der Waals surface area contributed by atoms with Crippen molar-refractivity contribution in [2.24, 2.45) is 5.41 Å². The molecule has 0 unspecified atom stereocenters. The van der Waals surface area contributed by atoms with Gasteiger partial charge in [-0.2, -0.15) is 0 Å². The van der Waals surface area contributed by atoms with Gasteiger partial charge in [-0.1, -0.05) is 26.8 Å². The van der Waals surface area contributed by atoms with Crippen LogP contribution in [0.5, 0.6) is 0 Å². The van der Waals surface area contributed by atoms with Crippen LogP contribution in [0.1, 0.15) is 32.2 Å². The van der Waals surface area contributed by atoms with Crippen molar-refractivity contribution in [3.05, 3.63) is 54.2 Å². The van der Waals surface area contributed by atoms with E-state index in [9.17, 15) is 4.79 Å². The second-order valence-electron chi connectivity index (χ2n) is 5.81. The molecule has 0 spiro atoms. The third-order valence-electron chi connectivity index (χ3n) is 2.93. The summed E-state index contributed by atoms with van der Waals surface area (Å²) in [6, 6.07) is 9.42. The van der Waals surface area contributed by atoms with E-state index in [0.29, 0.717) is 13.1 Å². The van der Waals surface area contributed by atoms with E-state index in [1.807, 2.05) is 51.1 Å². The van der Waals surface area contributed by atoms with Crippen molar-refractivity contribution in [3.63, 3.8) is 0 Å². The van der Waals surface area contributed by atoms with Gasteiger partial charge in [0.1, 0.15) is 5.76 Å². The SMILES string of the molecule is CC(C)(C)C(=O)N(Cc1ccccn1)Cc1ccco1. The molecule has 0 aromatic carbocycles. The fourth-order valence-electron chi connectivity index (χ4n) is 1.95. The maximum Gasteiger partial charge on any atom is 0.228 e. The Balaban J connectivity index is 2.18. The lowest BCUT2D eigenvalue weighted by atomic mass is 9.94. The number of rotatable bonds is 4. The Hall–Kier alpha value is -2.10. The van der Waals surface area contributed by atoms with Gasteiger partial charge in [-0.05, 0) is 24.3 Å². The number of hydrogen-bond donors (Lipinski definition) is 0. The van der Waals surface area contributed by atoms with Crippen molar-refractivity contribution in [3.8, 4) is 0 Å². The number of furan rings is 1. The van der Waals surface area contributed by atoms with Crippen LogP contribution in [0.3, 0.4) is 0 Å². The van der Waals surface area contributed by atoms with E-state index in [1.54, 1.807) is 17.4 Å². The molecule has 0 N–H and O–H groups in total. The first-order valence-corrected chi connectivity index (χ1v) is 6.68. The monoisotopic (exact) mass is 272 g/mol. The molecule has 0 atom stereocenters. The van der Waals surface area contributed by atoms with Crippen molar-refractivity contribution < 1.29 is 9.21 Å². The molecule has 4 heteroatoms. The molecule has 1 amide bonds. The van der Waals surface area contributed by atoms with E-state index in [1.165, 1.54) is 0 Å². The third kappa shape index (κ3) is 3.70. The largest absolute Gasteiger partial charge is 0.467 e. The lowest BCUT2D eigenvalue weighted by molar-refractivity contribution is -0.141. The zero-order chi connectivity index (χ0) is 14.6. The highest BCUT2D eigenvalue weighted by Gasteiger charge is 2.28. The van der Waals surface area contributed by atoms with Crippen molar-refractivity contribution in [1.29, 1.82) is 0 Å². The highest BCUT2D eigenvalue weighted by molar-refractivity contribution is 5.81. The molecule has 0 saturated carbocycles. The number of nitrogens with zero attached hydrogens (tertiary/aromatic N) is 2. The lowest BCUT2D eigenvalue weighted by Crippen LogP contribution is -2.38. The van der Waals surface area contributed by atoms with Gasteiger partial charge in [0, 0.05) is 11.6 Å². The molecule has 0 bridgehead atoms. The normalized spacial score (nSPS) is 11.3. The van der Waals surface area contributed by atoms with Gasteiger partial charge in [0.2, 0.25) is 5.91 Å². The molecule has 0 fully saturated rings. The van der Waals surface area contributed by atoms with Gasteiger partial charge in [0.25, 0.3) is 0 Å². The van der Waals surface area contributed by atoms with E-state index < -0.39 is 5.41 Å². The summed E-state index contributed by atoms with van der Waals surface area (Å²) in [6.45, 7) is 6.70. The van der Waals surface area contributed by atoms with Crippen LogP contribution in [0, 0.1) is 5.41 Å². The van der Waals surface area contributed by atoms with E-state index in [0.717, 1.165) is 11.5 Å². The molecule has 2 aromatic rings. The van der Waals surface area contributed by atoms with Gasteiger partial charge in [-0.25, -0.2) is 0 Å². The number of amides is 1. The molecular formula is C16H20N2O2. The Labute approximate surface area is 119 Å². The average molecular weight is 272 g/mol. The van der Waals surface area contributed by atoms with Crippen LogP contribution in [0.4, 0.5) is 0 Å². The van der Waals surface area contributed by atoms with Crippen LogP contribution in [0.25, 0.3) is 0 Å². The quantitative estimate of drug-likeness (QED) is 0.858. The molecule has 4 nitrogen and oxygen atoms in total. The van der Waals surface area contributed by atoms with Gasteiger partial charge in [0.15, 0.2) is 0 Å². The van der Waals surface area contributed by atoms with Gasteiger partial charge in [-0.3, -0.25) is 9.78 Å². The smallest absolute Gasteiger partial charge is 0.228 e. The minimum atomic E-state index is -0.429. The maximum atomic E-state index is 12.6. The standard InChI is InChI=1S/C16H20N2O2/c1-16(2,3)15(19)18(12-14-8-6-10-20-14)11-13-7-4-5-9-17-13/h4-10H,11-12H2,1-3H3. The Morgan fingerprint density at radius 2 is 2.00 bits per heavy atom. The van der Waals surface area contributed by atoms with Crippen LogP contribution in [-0.4, -0.2) is 15.8 Å². The van der Waals surface area contributed by atoms with Crippen molar-refractivity contribution in [1.82, 2.24) is 9.88 Å². The average Bonchev–Trinajstić information content (AvgIpc) is 2.90. The summed E-state index contributed by atoms with van der Waals surface area (Å²) in [6.07, 6.45) is 3.36. The van der Waals surface area contributed by atoms with Crippen LogP contribution in [-0.2, 0) is 17.9 Å². The number of hydrogen-bond acceptors (Lipinski definition) is 3. The zero-order valence-corrected chi connectivity index (χ0v) is 12.2. The number of pyridine rings is 1. The lowest BCUT2D eigenvalue weighted by Gasteiger charge is -2.28. The summed E-state index contributed by atoms with van der Waals surface area (Å²) in [4.78, 5) is 18.6. The summed E-state index contributed by atoms with van der Waals surface area (Å²) < 4.78 is 5.35. The molecule has 2 heterocycles. The molecule has 20 heavy (non-hydrogen) atoms. The fraction of sp³-hybridized carbons (Fsp3) is 0.375. The first-order chi connectivity index (χ1) is 9.47. The molecule has 0 aliphatic carbocycles. The highest BCUT2D eigenvalue weighted by Crippen LogP contribution is 2.21. The Morgan fingerprint density at radius 3 is 2.55 bits per heavy atom. The third-order valence-corrected chi connectivity index (χ3v) is 2.93. The van der Waals surface area contributed by atoms with Gasteiger partial charge >= 0.3 is 0 Å². The number of aromatic nitrogens is 1. The van der Waals surface area contributed by atoms with Gasteiger partial charge in [0.05, 0.1) is 25.0 Å². The molecule has 2 aromatic heterocycles. The first-order valence-electron chi connectivity index (χ1n) is 6.68. The first kappa shape index (κ1) is 14.3. The highest BCUT2D eigenvalue weighted by atomic mass is 16.3. The van der Waals surface area contributed by atoms with Crippen LogP contribution in [0.15, 0.2) is 47.2 Å². The van der Waals surface area contributed by atoms with Gasteiger partial charge in [-0.15, -0.1) is 0 Å². The molecule has 0 saturated heterocycles. The van der Waals surface area contributed by atoms with E-state index in [4.69, 9.17) is 4.42 Å². The predicted molar refractivity (Wildman–Crippen MR) is 76.7 cm³/mol. The van der Waals surface area contributed by atoms with Crippen LogP contribution < -0.4 is 0 Å². The molecule has 0 radical (unpaired) electrons. The second kappa shape index (κ2) is 5.90. The van der Waals surface area contributed by atoms with Gasteiger partial charge < -0.3 is 9.32 Å². The maximum absolute atomic E-state index is 12.6. The molecule has 2 rings (SSSR count). The van der Waals surface area contributed by atoms with E-state index >= 15 is 0 Å². The number of carbonyl (C=O) groups excluding carboxylic acids is 1. The van der Waals surface area contributed by atoms with Crippen molar-refractivity contribution in [2.75, 3.05) is 0 Å². The van der Waals surface area contributed by atoms with Crippen LogP contribution >= 0.6 is 0 Å². The van der Waals surface area contributed by atoms with E-state index in [-0.39, 0.29) is 5.91 Å². The summed E-state index contributed by atoms with van der Waals surface area (Å²) in [5, 5.41) is 0. The number of carbonyl (C=O) groups is 1. The topological polar surface area (TPSA) is 46.3 Å². The summed E-state index contributed by atoms with van der Waals surface area (Å²) in [5.41, 5.74) is 0.443. The molecular weight excluding hydrogens is 252 g/mol. The predicted octanol–water partition coefficient (Wildman–Crippen LogP) is 3.25. The molecule has 0 aliphatic heterocycles. The Kier molecular flexibility index (Phi) is 4.23.